The van der Waals surface area contributed by atoms with Crippen molar-refractivity contribution in [2.24, 2.45) is 7.05 Å². The van der Waals surface area contributed by atoms with Crippen LogP contribution in [-0.2, 0) is 13.6 Å². The third-order valence-corrected chi connectivity index (χ3v) is 4.29. The van der Waals surface area contributed by atoms with E-state index in [-0.39, 0.29) is 24.0 Å². The lowest BCUT2D eigenvalue weighted by Crippen LogP contribution is -3.00. The average Bonchev–Trinajstić information content (AvgIpc) is 2.77. The summed E-state index contributed by atoms with van der Waals surface area (Å²) in [5, 5.41) is 1.34. The number of benzene rings is 1. The first kappa shape index (κ1) is 17.7. The second-order valence-corrected chi connectivity index (χ2v) is 5.89. The van der Waals surface area contributed by atoms with Crippen LogP contribution in [0.3, 0.4) is 0 Å². The van der Waals surface area contributed by atoms with Crippen molar-refractivity contribution in [1.82, 2.24) is 4.57 Å². The third-order valence-electron chi connectivity index (χ3n) is 4.29. The van der Waals surface area contributed by atoms with E-state index in [1.54, 1.807) is 0 Å². The SMILES string of the molecule is CCn1c(C)c(/C=C/c2cc[n+](C)cc2)c2cc(C)ccc21.[I-]. The molecule has 3 heteroatoms. The van der Waals surface area contributed by atoms with Gasteiger partial charge in [0.05, 0.1) is 0 Å². The third kappa shape index (κ3) is 3.50. The Hall–Kier alpha value is -1.62. The second-order valence-electron chi connectivity index (χ2n) is 5.89. The van der Waals surface area contributed by atoms with E-state index < -0.39 is 0 Å². The zero-order chi connectivity index (χ0) is 15.7. The van der Waals surface area contributed by atoms with Crippen molar-refractivity contribution in [1.29, 1.82) is 0 Å². The predicted octanol–water partition coefficient (Wildman–Crippen LogP) is 1.28. The summed E-state index contributed by atoms with van der Waals surface area (Å²) in [5.41, 5.74) is 6.52. The summed E-state index contributed by atoms with van der Waals surface area (Å²) in [4.78, 5) is 0. The van der Waals surface area contributed by atoms with Gasteiger partial charge < -0.3 is 28.5 Å². The molecule has 0 fully saturated rings. The summed E-state index contributed by atoms with van der Waals surface area (Å²) in [6, 6.07) is 11.0. The van der Waals surface area contributed by atoms with Crippen molar-refractivity contribution in [3.63, 3.8) is 0 Å². The highest BCUT2D eigenvalue weighted by Crippen LogP contribution is 2.28. The molecule has 0 bridgehead atoms. The summed E-state index contributed by atoms with van der Waals surface area (Å²) in [7, 11) is 2.04. The minimum absolute atomic E-state index is 0. The molecule has 2 nitrogen and oxygen atoms in total. The number of hydrogen-bond donors (Lipinski definition) is 0. The zero-order valence-corrected chi connectivity index (χ0v) is 16.3. The van der Waals surface area contributed by atoms with Crippen LogP contribution in [0.15, 0.2) is 42.7 Å². The van der Waals surface area contributed by atoms with E-state index >= 15 is 0 Å². The minimum Gasteiger partial charge on any atom is -1.00 e. The summed E-state index contributed by atoms with van der Waals surface area (Å²) in [6.07, 6.45) is 8.60. The fourth-order valence-electron chi connectivity index (χ4n) is 3.04. The van der Waals surface area contributed by atoms with Crippen LogP contribution in [0.4, 0.5) is 0 Å². The normalized spacial score (nSPS) is 11.1. The molecule has 0 aliphatic heterocycles. The van der Waals surface area contributed by atoms with Gasteiger partial charge in [0.15, 0.2) is 12.4 Å². The molecular weight excluding hydrogens is 395 g/mol. The van der Waals surface area contributed by atoms with E-state index in [0.29, 0.717) is 0 Å². The van der Waals surface area contributed by atoms with Gasteiger partial charge in [-0.05, 0) is 38.5 Å². The maximum Gasteiger partial charge on any atom is 0.169 e. The van der Waals surface area contributed by atoms with Crippen molar-refractivity contribution < 1.29 is 28.5 Å². The van der Waals surface area contributed by atoms with Crippen LogP contribution in [0, 0.1) is 13.8 Å². The first-order valence-electron chi connectivity index (χ1n) is 7.83. The van der Waals surface area contributed by atoms with Gasteiger partial charge in [-0.2, -0.15) is 0 Å². The van der Waals surface area contributed by atoms with Crippen molar-refractivity contribution in [3.8, 4) is 0 Å². The smallest absolute Gasteiger partial charge is 0.169 e. The van der Waals surface area contributed by atoms with Gasteiger partial charge in [0.2, 0.25) is 0 Å². The molecule has 0 unspecified atom stereocenters. The molecule has 2 aromatic heterocycles. The average molecular weight is 418 g/mol. The molecule has 0 atom stereocenters. The van der Waals surface area contributed by atoms with Gasteiger partial charge in [-0.25, -0.2) is 4.57 Å². The number of halogens is 1. The number of aromatic nitrogens is 2. The predicted molar refractivity (Wildman–Crippen MR) is 93.6 cm³/mol. The van der Waals surface area contributed by atoms with Gasteiger partial charge in [-0.1, -0.05) is 23.8 Å². The van der Waals surface area contributed by atoms with Crippen LogP contribution in [0.2, 0.25) is 0 Å². The van der Waals surface area contributed by atoms with E-state index in [4.69, 9.17) is 0 Å². The summed E-state index contributed by atoms with van der Waals surface area (Å²) in [6.45, 7) is 7.57. The number of pyridine rings is 1. The summed E-state index contributed by atoms with van der Waals surface area (Å²) < 4.78 is 4.44. The van der Waals surface area contributed by atoms with E-state index in [1.165, 1.54) is 33.3 Å². The summed E-state index contributed by atoms with van der Waals surface area (Å²) >= 11 is 0. The highest BCUT2D eigenvalue weighted by atomic mass is 127. The molecule has 120 valence electrons. The van der Waals surface area contributed by atoms with Crippen molar-refractivity contribution >= 4 is 23.1 Å². The number of hydrogen-bond acceptors (Lipinski definition) is 0. The van der Waals surface area contributed by atoms with Crippen LogP contribution in [0.25, 0.3) is 23.1 Å². The lowest BCUT2D eigenvalue weighted by molar-refractivity contribution is -0.671. The van der Waals surface area contributed by atoms with Crippen LogP contribution >= 0.6 is 0 Å². The molecule has 0 N–H and O–H groups in total. The first-order chi connectivity index (χ1) is 10.6. The number of rotatable bonds is 3. The lowest BCUT2D eigenvalue weighted by atomic mass is 10.1. The molecule has 0 aliphatic carbocycles. The molecule has 0 aliphatic rings. The highest BCUT2D eigenvalue weighted by Gasteiger charge is 2.11. The highest BCUT2D eigenvalue weighted by molar-refractivity contribution is 5.94. The van der Waals surface area contributed by atoms with Crippen molar-refractivity contribution in [2.75, 3.05) is 0 Å². The van der Waals surface area contributed by atoms with Crippen LogP contribution < -0.4 is 28.5 Å². The Morgan fingerprint density at radius 3 is 2.39 bits per heavy atom. The number of nitrogens with zero attached hydrogens (tertiary/aromatic N) is 2. The Labute approximate surface area is 155 Å². The molecular formula is C20H23IN2. The fraction of sp³-hybridized carbons (Fsp3) is 0.250. The standard InChI is InChI=1S/C20H23N2.HI/c1-5-22-16(3)18(19-14-15(2)6-9-20(19)22)8-7-17-10-12-21(4)13-11-17;/h6-14H,5H2,1-4H3;1H/q+1;/p-1. The lowest BCUT2D eigenvalue weighted by Gasteiger charge is -2.03. The number of fused-ring (bicyclic) bond motifs is 1. The molecule has 0 radical (unpaired) electrons. The number of aryl methyl sites for hydroxylation is 3. The maximum absolute atomic E-state index is 2.39. The van der Waals surface area contributed by atoms with E-state index in [0.717, 1.165) is 6.54 Å². The van der Waals surface area contributed by atoms with E-state index in [2.05, 4.69) is 84.8 Å². The largest absolute Gasteiger partial charge is 1.00 e. The molecule has 3 rings (SSSR count). The molecule has 0 saturated heterocycles. The quantitative estimate of drug-likeness (QED) is 0.448. The van der Waals surface area contributed by atoms with Gasteiger partial charge in [0, 0.05) is 40.8 Å². The monoisotopic (exact) mass is 418 g/mol. The molecule has 2 heterocycles. The fourth-order valence-corrected chi connectivity index (χ4v) is 3.04. The Balaban J connectivity index is 0.00000192. The van der Waals surface area contributed by atoms with Gasteiger partial charge in [0.25, 0.3) is 0 Å². The second kappa shape index (κ2) is 7.30. The molecule has 0 spiro atoms. The Bertz CT molecular complexity index is 842. The van der Waals surface area contributed by atoms with E-state index in [1.807, 2.05) is 7.05 Å². The van der Waals surface area contributed by atoms with E-state index in [9.17, 15) is 0 Å². The van der Waals surface area contributed by atoms with Crippen molar-refractivity contribution in [2.45, 2.75) is 27.3 Å². The Kier molecular flexibility index (Phi) is 5.63. The summed E-state index contributed by atoms with van der Waals surface area (Å²) in [5.74, 6) is 0. The molecule has 1 aromatic carbocycles. The zero-order valence-electron chi connectivity index (χ0n) is 14.2. The first-order valence-corrected chi connectivity index (χ1v) is 7.83. The Morgan fingerprint density at radius 1 is 1.04 bits per heavy atom. The van der Waals surface area contributed by atoms with Crippen LogP contribution in [0.1, 0.15) is 29.3 Å². The topological polar surface area (TPSA) is 8.81 Å². The minimum atomic E-state index is 0. The van der Waals surface area contributed by atoms with Gasteiger partial charge in [-0.15, -0.1) is 0 Å². The molecule has 3 aromatic rings. The van der Waals surface area contributed by atoms with Gasteiger partial charge >= 0.3 is 0 Å². The van der Waals surface area contributed by atoms with Gasteiger partial charge in [0.1, 0.15) is 7.05 Å². The van der Waals surface area contributed by atoms with Crippen LogP contribution in [0.5, 0.6) is 0 Å². The van der Waals surface area contributed by atoms with Crippen molar-refractivity contribution in [3.05, 3.63) is 65.1 Å². The Morgan fingerprint density at radius 2 is 1.74 bits per heavy atom. The molecule has 0 amide bonds. The van der Waals surface area contributed by atoms with Crippen LogP contribution in [-0.4, -0.2) is 4.57 Å². The molecule has 23 heavy (non-hydrogen) atoms. The van der Waals surface area contributed by atoms with Gasteiger partial charge in [-0.3, -0.25) is 0 Å². The molecule has 0 saturated carbocycles. The maximum atomic E-state index is 2.39.